The van der Waals surface area contributed by atoms with E-state index in [1.165, 1.54) is 16.7 Å². The van der Waals surface area contributed by atoms with Crippen molar-refractivity contribution in [3.05, 3.63) is 65.2 Å². The highest BCUT2D eigenvalue weighted by atomic mass is 16.5. The van der Waals surface area contributed by atoms with Crippen LogP contribution in [0.1, 0.15) is 35.6 Å². The first-order valence-electron chi connectivity index (χ1n) is 7.74. The molecule has 0 aliphatic carbocycles. The monoisotopic (exact) mass is 281 g/mol. The minimum Gasteiger partial charge on any atom is -0.490 e. The molecule has 0 spiro atoms. The predicted octanol–water partition coefficient (Wildman–Crippen LogP) is 4.04. The van der Waals surface area contributed by atoms with Crippen molar-refractivity contribution >= 4 is 0 Å². The molecule has 1 heterocycles. The van der Waals surface area contributed by atoms with Gasteiger partial charge in [0, 0.05) is 18.0 Å². The number of aryl methyl sites for hydroxylation is 2. The van der Waals surface area contributed by atoms with Gasteiger partial charge in [0.2, 0.25) is 0 Å². The maximum Gasteiger partial charge on any atom is 0.124 e. The topological polar surface area (TPSA) is 21.3 Å². The molecule has 110 valence electrons. The molecule has 1 aliphatic heterocycles. The summed E-state index contributed by atoms with van der Waals surface area (Å²) >= 11 is 0. The minimum absolute atomic E-state index is 0.290. The van der Waals surface area contributed by atoms with Gasteiger partial charge < -0.3 is 10.1 Å². The number of hydrogen-bond donors (Lipinski definition) is 1. The van der Waals surface area contributed by atoms with Gasteiger partial charge in [0.1, 0.15) is 11.9 Å². The fourth-order valence-corrected chi connectivity index (χ4v) is 3.09. The molecule has 0 saturated carbocycles. The van der Waals surface area contributed by atoms with E-state index in [0.29, 0.717) is 6.04 Å². The van der Waals surface area contributed by atoms with Crippen LogP contribution in [0.4, 0.5) is 0 Å². The van der Waals surface area contributed by atoms with Gasteiger partial charge in [0.15, 0.2) is 0 Å². The van der Waals surface area contributed by atoms with E-state index in [1.54, 1.807) is 0 Å². The van der Waals surface area contributed by atoms with Crippen molar-refractivity contribution in [2.75, 3.05) is 7.05 Å². The highest BCUT2D eigenvalue weighted by Crippen LogP contribution is 2.36. The summed E-state index contributed by atoms with van der Waals surface area (Å²) in [6, 6.07) is 17.5. The van der Waals surface area contributed by atoms with E-state index in [-0.39, 0.29) is 6.10 Å². The molecular weight excluding hydrogens is 258 g/mol. The molecule has 0 amide bonds. The van der Waals surface area contributed by atoms with Crippen LogP contribution in [0.15, 0.2) is 48.5 Å². The van der Waals surface area contributed by atoms with Gasteiger partial charge in [-0.2, -0.15) is 0 Å². The summed E-state index contributed by atoms with van der Waals surface area (Å²) in [5.41, 5.74) is 3.98. The molecule has 2 heteroatoms. The highest BCUT2D eigenvalue weighted by Gasteiger charge is 2.27. The van der Waals surface area contributed by atoms with Crippen LogP contribution in [0.5, 0.6) is 5.75 Å². The van der Waals surface area contributed by atoms with Crippen LogP contribution in [0.3, 0.4) is 0 Å². The van der Waals surface area contributed by atoms with Crippen LogP contribution >= 0.6 is 0 Å². The molecule has 2 atom stereocenters. The molecule has 0 saturated heterocycles. The quantitative estimate of drug-likeness (QED) is 0.913. The molecule has 2 nitrogen and oxygen atoms in total. The summed E-state index contributed by atoms with van der Waals surface area (Å²) in [4.78, 5) is 0. The summed E-state index contributed by atoms with van der Waals surface area (Å²) in [5, 5.41) is 3.44. The second-order valence-electron chi connectivity index (χ2n) is 5.88. The van der Waals surface area contributed by atoms with Crippen LogP contribution in [-0.2, 0) is 6.42 Å². The molecule has 0 fully saturated rings. The second kappa shape index (κ2) is 6.31. The van der Waals surface area contributed by atoms with Gasteiger partial charge in [-0.3, -0.25) is 0 Å². The third-order valence-electron chi connectivity index (χ3n) is 4.28. The van der Waals surface area contributed by atoms with Gasteiger partial charge in [-0.05, 0) is 38.4 Å². The summed E-state index contributed by atoms with van der Waals surface area (Å²) in [5.74, 6) is 1.05. The lowest BCUT2D eigenvalue weighted by atomic mass is 9.92. The predicted molar refractivity (Wildman–Crippen MR) is 86.8 cm³/mol. The van der Waals surface area contributed by atoms with E-state index in [0.717, 1.165) is 25.0 Å². The van der Waals surface area contributed by atoms with Crippen molar-refractivity contribution in [1.29, 1.82) is 0 Å². The highest BCUT2D eigenvalue weighted by molar-refractivity contribution is 5.40. The molecule has 2 unspecified atom stereocenters. The maximum atomic E-state index is 6.20. The standard InChI is InChI=1S/C19H23NO/c1-14-8-11-19-17(12-14)18(20-2)13-16(21-19)10-9-15-6-4-3-5-7-15/h3-8,11-12,16,18,20H,9-10,13H2,1-2H3. The van der Waals surface area contributed by atoms with Crippen LogP contribution < -0.4 is 10.1 Å². The Bertz CT molecular complexity index is 594. The first-order chi connectivity index (χ1) is 10.3. The van der Waals surface area contributed by atoms with Crippen molar-refractivity contribution in [3.8, 4) is 5.75 Å². The maximum absolute atomic E-state index is 6.20. The third kappa shape index (κ3) is 3.27. The number of fused-ring (bicyclic) bond motifs is 1. The zero-order valence-corrected chi connectivity index (χ0v) is 12.8. The summed E-state index contributed by atoms with van der Waals surface area (Å²) in [6.45, 7) is 2.13. The Labute approximate surface area is 127 Å². The molecule has 1 aliphatic rings. The van der Waals surface area contributed by atoms with Gasteiger partial charge in [0.05, 0.1) is 0 Å². The number of benzene rings is 2. The second-order valence-corrected chi connectivity index (χ2v) is 5.88. The van der Waals surface area contributed by atoms with Gasteiger partial charge in [-0.25, -0.2) is 0 Å². The van der Waals surface area contributed by atoms with Crippen molar-refractivity contribution < 1.29 is 4.74 Å². The van der Waals surface area contributed by atoms with E-state index in [2.05, 4.69) is 60.8 Å². The summed E-state index contributed by atoms with van der Waals surface area (Å²) < 4.78 is 6.20. The zero-order valence-electron chi connectivity index (χ0n) is 12.8. The zero-order chi connectivity index (χ0) is 14.7. The molecule has 0 radical (unpaired) electrons. The van der Waals surface area contributed by atoms with E-state index in [9.17, 15) is 0 Å². The van der Waals surface area contributed by atoms with Crippen LogP contribution in [0.2, 0.25) is 0 Å². The fraction of sp³-hybridized carbons (Fsp3) is 0.368. The van der Waals surface area contributed by atoms with Gasteiger partial charge >= 0.3 is 0 Å². The largest absolute Gasteiger partial charge is 0.490 e. The Hall–Kier alpha value is -1.80. The number of hydrogen-bond acceptors (Lipinski definition) is 2. The first-order valence-corrected chi connectivity index (χ1v) is 7.74. The normalized spacial score (nSPS) is 20.7. The van der Waals surface area contributed by atoms with E-state index < -0.39 is 0 Å². The van der Waals surface area contributed by atoms with Gasteiger partial charge in [0.25, 0.3) is 0 Å². The lowest BCUT2D eigenvalue weighted by Gasteiger charge is -2.32. The fourth-order valence-electron chi connectivity index (χ4n) is 3.09. The Morgan fingerprint density at radius 2 is 1.95 bits per heavy atom. The average molecular weight is 281 g/mol. The van der Waals surface area contributed by atoms with Crippen molar-refractivity contribution in [1.82, 2.24) is 5.32 Å². The average Bonchev–Trinajstić information content (AvgIpc) is 2.53. The Kier molecular flexibility index (Phi) is 4.26. The minimum atomic E-state index is 0.290. The molecule has 2 aromatic carbocycles. The van der Waals surface area contributed by atoms with Gasteiger partial charge in [-0.15, -0.1) is 0 Å². The molecule has 0 aromatic heterocycles. The van der Waals surface area contributed by atoms with Crippen molar-refractivity contribution in [3.63, 3.8) is 0 Å². The molecular formula is C19H23NO. The van der Waals surface area contributed by atoms with Crippen LogP contribution in [-0.4, -0.2) is 13.2 Å². The Balaban J connectivity index is 1.70. The van der Waals surface area contributed by atoms with Crippen LogP contribution in [0.25, 0.3) is 0 Å². The van der Waals surface area contributed by atoms with Gasteiger partial charge in [-0.1, -0.05) is 48.0 Å². The summed E-state index contributed by atoms with van der Waals surface area (Å²) in [7, 11) is 2.04. The van der Waals surface area contributed by atoms with Crippen LogP contribution in [0, 0.1) is 6.92 Å². The Morgan fingerprint density at radius 3 is 2.71 bits per heavy atom. The smallest absolute Gasteiger partial charge is 0.124 e. The molecule has 2 aromatic rings. The molecule has 21 heavy (non-hydrogen) atoms. The van der Waals surface area contributed by atoms with E-state index in [1.807, 2.05) is 7.05 Å². The molecule has 0 bridgehead atoms. The lowest BCUT2D eigenvalue weighted by Crippen LogP contribution is -2.31. The van der Waals surface area contributed by atoms with Crippen molar-refractivity contribution in [2.45, 2.75) is 38.3 Å². The Morgan fingerprint density at radius 1 is 1.14 bits per heavy atom. The molecule has 1 N–H and O–H groups in total. The number of ether oxygens (including phenoxy) is 1. The number of rotatable bonds is 4. The summed E-state index contributed by atoms with van der Waals surface area (Å²) in [6.07, 6.45) is 3.47. The lowest BCUT2D eigenvalue weighted by molar-refractivity contribution is 0.143. The van der Waals surface area contributed by atoms with E-state index in [4.69, 9.17) is 4.74 Å². The first kappa shape index (κ1) is 14.2. The molecule has 3 rings (SSSR count). The number of nitrogens with one attached hydrogen (secondary N) is 1. The van der Waals surface area contributed by atoms with E-state index >= 15 is 0 Å². The van der Waals surface area contributed by atoms with Crippen molar-refractivity contribution in [2.24, 2.45) is 0 Å². The SMILES string of the molecule is CNC1CC(CCc2ccccc2)Oc2ccc(C)cc21. The third-order valence-corrected chi connectivity index (χ3v) is 4.28.